The first-order valence-corrected chi connectivity index (χ1v) is 11.9. The van der Waals surface area contributed by atoms with E-state index in [1.807, 2.05) is 24.3 Å². The van der Waals surface area contributed by atoms with Crippen LogP contribution in [0.3, 0.4) is 0 Å². The Morgan fingerprint density at radius 3 is 2.34 bits per heavy atom. The number of carbonyl (C=O) groups is 4. The molecule has 0 bridgehead atoms. The van der Waals surface area contributed by atoms with Crippen LogP contribution in [0, 0.1) is 11.8 Å². The van der Waals surface area contributed by atoms with Gasteiger partial charge >= 0.3 is 12.1 Å². The normalized spacial score (nSPS) is 22.9. The Labute approximate surface area is 202 Å². The molecule has 3 atom stereocenters. The summed E-state index contributed by atoms with van der Waals surface area (Å²) in [5.41, 5.74) is 6.93. The first kappa shape index (κ1) is 22.9. The number of carboxylic acid groups (broad SMARTS) is 1. The highest BCUT2D eigenvalue weighted by molar-refractivity contribution is 5.94. The Morgan fingerprint density at radius 2 is 1.69 bits per heavy atom. The van der Waals surface area contributed by atoms with E-state index in [2.05, 4.69) is 35.0 Å². The fourth-order valence-electron chi connectivity index (χ4n) is 5.58. The van der Waals surface area contributed by atoms with Crippen molar-refractivity contribution in [2.75, 3.05) is 13.2 Å². The molecular weight excluding hydrogens is 450 g/mol. The van der Waals surface area contributed by atoms with Crippen molar-refractivity contribution in [2.24, 2.45) is 11.8 Å². The molecule has 5 rings (SSSR count). The number of nitrogens with one attached hydrogen (secondary N) is 2. The van der Waals surface area contributed by atoms with Gasteiger partial charge < -0.3 is 15.2 Å². The van der Waals surface area contributed by atoms with Gasteiger partial charge in [0.15, 0.2) is 6.04 Å². The molecule has 35 heavy (non-hydrogen) atoms. The predicted octanol–water partition coefficient (Wildman–Crippen LogP) is 2.66. The van der Waals surface area contributed by atoms with Crippen LogP contribution in [0.5, 0.6) is 0 Å². The summed E-state index contributed by atoms with van der Waals surface area (Å²) < 4.78 is 5.58. The van der Waals surface area contributed by atoms with E-state index in [4.69, 9.17) is 4.74 Å². The van der Waals surface area contributed by atoms with E-state index in [-0.39, 0.29) is 31.4 Å². The Bertz CT molecular complexity index is 1140. The largest absolute Gasteiger partial charge is 0.480 e. The van der Waals surface area contributed by atoms with E-state index in [9.17, 15) is 24.3 Å². The molecule has 2 fully saturated rings. The second-order valence-corrected chi connectivity index (χ2v) is 9.31. The minimum Gasteiger partial charge on any atom is -0.480 e. The molecule has 9 nitrogen and oxygen atoms in total. The first-order chi connectivity index (χ1) is 16.9. The van der Waals surface area contributed by atoms with Crippen molar-refractivity contribution in [3.63, 3.8) is 0 Å². The van der Waals surface area contributed by atoms with Gasteiger partial charge in [0, 0.05) is 18.4 Å². The van der Waals surface area contributed by atoms with Gasteiger partial charge in [-0.2, -0.15) is 0 Å². The monoisotopic (exact) mass is 477 g/mol. The molecule has 2 aromatic rings. The first-order valence-electron chi connectivity index (χ1n) is 11.9. The molecule has 182 valence electrons. The third-order valence-corrected chi connectivity index (χ3v) is 7.29. The molecule has 1 heterocycles. The third kappa shape index (κ3) is 4.34. The maximum Gasteiger partial charge on any atom is 0.407 e. The fraction of sp³-hybridized carbons (Fsp3) is 0.385. The summed E-state index contributed by atoms with van der Waals surface area (Å²) >= 11 is 0. The van der Waals surface area contributed by atoms with Gasteiger partial charge in [0.05, 0.1) is 6.42 Å². The number of carboxylic acids is 1. The highest BCUT2D eigenvalue weighted by Gasteiger charge is 2.44. The molecule has 1 unspecified atom stereocenters. The molecule has 1 aliphatic heterocycles. The van der Waals surface area contributed by atoms with Crippen LogP contribution >= 0.6 is 0 Å². The van der Waals surface area contributed by atoms with Crippen LogP contribution < -0.4 is 10.7 Å². The van der Waals surface area contributed by atoms with Gasteiger partial charge in [-0.15, -0.1) is 0 Å². The highest BCUT2D eigenvalue weighted by Crippen LogP contribution is 2.44. The van der Waals surface area contributed by atoms with Crippen LogP contribution in [0.15, 0.2) is 48.5 Å². The zero-order valence-electron chi connectivity index (χ0n) is 19.1. The molecule has 3 N–H and O–H groups in total. The highest BCUT2D eigenvalue weighted by atomic mass is 16.5. The van der Waals surface area contributed by atoms with E-state index >= 15 is 0 Å². The Balaban J connectivity index is 1.18. The molecular formula is C26H27N3O6. The molecule has 3 amide bonds. The van der Waals surface area contributed by atoms with Gasteiger partial charge in [0.2, 0.25) is 11.8 Å². The summed E-state index contributed by atoms with van der Waals surface area (Å²) in [6.07, 6.45) is 1.28. The molecule has 2 aromatic carbocycles. The topological polar surface area (TPSA) is 125 Å². The third-order valence-electron chi connectivity index (χ3n) is 7.29. The van der Waals surface area contributed by atoms with Crippen molar-refractivity contribution < 1.29 is 29.0 Å². The van der Waals surface area contributed by atoms with Gasteiger partial charge in [0.25, 0.3) is 0 Å². The Morgan fingerprint density at radius 1 is 1.03 bits per heavy atom. The number of nitrogens with zero attached hydrogens (tertiary/aromatic N) is 1. The summed E-state index contributed by atoms with van der Waals surface area (Å²) in [7, 11) is 0. The summed E-state index contributed by atoms with van der Waals surface area (Å²) in [5, 5.41) is 13.1. The maximum absolute atomic E-state index is 13.0. The number of hydrogen-bond acceptors (Lipinski definition) is 5. The van der Waals surface area contributed by atoms with E-state index in [0.717, 1.165) is 40.1 Å². The van der Waals surface area contributed by atoms with Crippen molar-refractivity contribution in [3.05, 3.63) is 59.7 Å². The smallest absolute Gasteiger partial charge is 0.407 e. The van der Waals surface area contributed by atoms with E-state index in [1.54, 1.807) is 0 Å². The molecule has 2 aliphatic carbocycles. The standard InChI is InChI=1S/C26H27N3O6/c30-23-12-22(25(32)33)29(28-23)24(31)16-11-5-6-15(16)13-27-26(34)35-14-21-19-9-3-1-7-17(19)18-8-2-4-10-20(18)21/h1-4,7-10,15-16,21-22H,5-6,11-14H2,(H,27,34)(H,28,30)(H,32,33)/t15-,16-,22?/m0/s1. The van der Waals surface area contributed by atoms with Gasteiger partial charge in [-0.25, -0.2) is 14.6 Å². The number of amides is 3. The zero-order chi connectivity index (χ0) is 24.5. The van der Waals surface area contributed by atoms with E-state index in [0.29, 0.717) is 6.42 Å². The molecule has 9 heteroatoms. The number of alkyl carbamates (subject to hydrolysis) is 1. The van der Waals surface area contributed by atoms with Crippen molar-refractivity contribution in [3.8, 4) is 11.1 Å². The average Bonchev–Trinajstić information content (AvgIpc) is 3.57. The lowest BCUT2D eigenvalue weighted by molar-refractivity contribution is -0.153. The maximum atomic E-state index is 13.0. The molecule has 0 radical (unpaired) electrons. The number of carbonyl (C=O) groups excluding carboxylic acids is 3. The van der Waals surface area contributed by atoms with Crippen LogP contribution in [0.25, 0.3) is 11.1 Å². The summed E-state index contributed by atoms with van der Waals surface area (Å²) in [5.74, 6) is -2.79. The predicted molar refractivity (Wildman–Crippen MR) is 125 cm³/mol. The number of benzene rings is 2. The van der Waals surface area contributed by atoms with Crippen LogP contribution in [-0.4, -0.2) is 53.2 Å². The second-order valence-electron chi connectivity index (χ2n) is 9.31. The number of aliphatic carboxylic acids is 1. The zero-order valence-corrected chi connectivity index (χ0v) is 19.1. The molecule has 0 aromatic heterocycles. The van der Waals surface area contributed by atoms with E-state index in [1.165, 1.54) is 0 Å². The minimum absolute atomic E-state index is 0.0410. The second kappa shape index (κ2) is 9.40. The van der Waals surface area contributed by atoms with Crippen molar-refractivity contribution in [2.45, 2.75) is 37.6 Å². The SMILES string of the molecule is O=C1CC(C(=O)O)N(C(=O)[C@H]2CCC[C@H]2CNC(=O)OCC2c3ccccc3-c3ccccc32)N1. The van der Waals surface area contributed by atoms with Crippen molar-refractivity contribution >= 4 is 23.9 Å². The lowest BCUT2D eigenvalue weighted by atomic mass is 9.94. The number of hydrogen-bond donors (Lipinski definition) is 3. The molecule has 3 aliphatic rings. The number of rotatable bonds is 6. The Hall–Kier alpha value is -3.88. The fourth-order valence-corrected chi connectivity index (χ4v) is 5.58. The lowest BCUT2D eigenvalue weighted by Crippen LogP contribution is -2.50. The molecule has 0 spiro atoms. The number of fused-ring (bicyclic) bond motifs is 3. The van der Waals surface area contributed by atoms with Crippen LogP contribution in [-0.2, 0) is 19.1 Å². The summed E-state index contributed by atoms with van der Waals surface area (Å²) in [4.78, 5) is 48.7. The van der Waals surface area contributed by atoms with Gasteiger partial charge in [-0.3, -0.25) is 15.0 Å². The van der Waals surface area contributed by atoms with Crippen molar-refractivity contribution in [1.29, 1.82) is 0 Å². The van der Waals surface area contributed by atoms with Gasteiger partial charge in [-0.05, 0) is 41.0 Å². The van der Waals surface area contributed by atoms with Gasteiger partial charge in [-0.1, -0.05) is 55.0 Å². The average molecular weight is 478 g/mol. The summed E-state index contributed by atoms with van der Waals surface area (Å²) in [6, 6.07) is 15.0. The van der Waals surface area contributed by atoms with Crippen LogP contribution in [0.4, 0.5) is 4.79 Å². The molecule has 1 saturated heterocycles. The van der Waals surface area contributed by atoms with Crippen LogP contribution in [0.1, 0.15) is 42.7 Å². The summed E-state index contributed by atoms with van der Waals surface area (Å²) in [6.45, 7) is 0.444. The lowest BCUT2D eigenvalue weighted by Gasteiger charge is -2.27. The minimum atomic E-state index is -1.22. The van der Waals surface area contributed by atoms with E-state index < -0.39 is 35.8 Å². The van der Waals surface area contributed by atoms with Gasteiger partial charge in [0.1, 0.15) is 6.61 Å². The number of hydrazine groups is 1. The number of ether oxygens (including phenoxy) is 1. The molecule has 1 saturated carbocycles. The Kier molecular flexibility index (Phi) is 6.15. The van der Waals surface area contributed by atoms with Crippen molar-refractivity contribution in [1.82, 2.24) is 15.8 Å². The quantitative estimate of drug-likeness (QED) is 0.588. The van der Waals surface area contributed by atoms with Crippen LogP contribution in [0.2, 0.25) is 0 Å².